The summed E-state index contributed by atoms with van der Waals surface area (Å²) in [7, 11) is 1.85. The summed E-state index contributed by atoms with van der Waals surface area (Å²) in [6.45, 7) is 2.35. The molecule has 0 amide bonds. The highest BCUT2D eigenvalue weighted by Gasteiger charge is 2.38. The smallest absolute Gasteiger partial charge is 0.0651 e. The maximum absolute atomic E-state index is 5.44. The van der Waals surface area contributed by atoms with Crippen LogP contribution < -0.4 is 5.32 Å². The number of hydrogen-bond acceptors (Lipinski definition) is 2. The minimum Gasteiger partial charge on any atom is -0.381 e. The lowest BCUT2D eigenvalue weighted by Gasteiger charge is -2.29. The largest absolute Gasteiger partial charge is 0.381 e. The second-order valence-corrected chi connectivity index (χ2v) is 3.46. The van der Waals surface area contributed by atoms with E-state index < -0.39 is 0 Å². The molecule has 3 atom stereocenters. The minimum atomic E-state index is 0. The Labute approximate surface area is 74.1 Å². The summed E-state index contributed by atoms with van der Waals surface area (Å²) < 4.78 is 5.44. The number of fused-ring (bicyclic) bond motifs is 2. The lowest BCUT2D eigenvalue weighted by atomic mass is 9.97. The molecule has 2 bridgehead atoms. The molecule has 0 aromatic heterocycles. The fourth-order valence-electron chi connectivity index (χ4n) is 2.42. The molecule has 2 fully saturated rings. The van der Waals surface area contributed by atoms with Gasteiger partial charge in [0.1, 0.15) is 0 Å². The third-order valence-electron chi connectivity index (χ3n) is 2.92. The zero-order valence-corrected chi connectivity index (χ0v) is 7.69. The molecular weight excluding hydrogens is 162 g/mol. The quantitative estimate of drug-likeness (QED) is 0.647. The van der Waals surface area contributed by atoms with Gasteiger partial charge in [0.25, 0.3) is 0 Å². The number of hydrogen-bond donors (Lipinski definition) is 1. The third-order valence-corrected chi connectivity index (χ3v) is 2.92. The van der Waals surface area contributed by atoms with E-state index in [1.165, 1.54) is 25.9 Å². The van der Waals surface area contributed by atoms with Crippen LogP contribution in [0, 0.1) is 11.8 Å². The highest BCUT2D eigenvalue weighted by Crippen LogP contribution is 2.35. The highest BCUT2D eigenvalue weighted by molar-refractivity contribution is 5.85. The van der Waals surface area contributed by atoms with Gasteiger partial charge in [-0.15, -0.1) is 12.4 Å². The Kier molecular flexibility index (Phi) is 3.16. The molecule has 1 aliphatic carbocycles. The molecule has 0 spiro atoms. The molecule has 3 heteroatoms. The van der Waals surface area contributed by atoms with Crippen molar-refractivity contribution in [2.24, 2.45) is 11.8 Å². The van der Waals surface area contributed by atoms with Crippen LogP contribution in [-0.2, 0) is 4.74 Å². The summed E-state index contributed by atoms with van der Waals surface area (Å²) in [4.78, 5) is 0. The number of rotatable bonds is 1. The zero-order valence-electron chi connectivity index (χ0n) is 6.88. The summed E-state index contributed by atoms with van der Waals surface area (Å²) in [5.41, 5.74) is 0. The van der Waals surface area contributed by atoms with Crippen molar-refractivity contribution in [3.05, 3.63) is 0 Å². The van der Waals surface area contributed by atoms with Crippen LogP contribution in [0.25, 0.3) is 0 Å². The Morgan fingerprint density at radius 2 is 1.73 bits per heavy atom. The van der Waals surface area contributed by atoms with Crippen LogP contribution in [0.4, 0.5) is 0 Å². The second kappa shape index (κ2) is 3.74. The SMILES string of the molecule is CO[C@@H]1[C@@H]2CC[C@H]1CNC2.Cl. The van der Waals surface area contributed by atoms with Crippen molar-refractivity contribution < 1.29 is 4.74 Å². The molecule has 1 N–H and O–H groups in total. The van der Waals surface area contributed by atoms with Crippen molar-refractivity contribution in [1.82, 2.24) is 5.32 Å². The van der Waals surface area contributed by atoms with E-state index in [0.717, 1.165) is 11.8 Å². The van der Waals surface area contributed by atoms with E-state index in [1.54, 1.807) is 0 Å². The Bertz CT molecular complexity index is 115. The van der Waals surface area contributed by atoms with Crippen molar-refractivity contribution in [3.8, 4) is 0 Å². The van der Waals surface area contributed by atoms with Crippen LogP contribution in [-0.4, -0.2) is 26.3 Å². The van der Waals surface area contributed by atoms with Crippen molar-refractivity contribution in [2.45, 2.75) is 18.9 Å². The van der Waals surface area contributed by atoms with Crippen LogP contribution in [0.1, 0.15) is 12.8 Å². The fraction of sp³-hybridized carbons (Fsp3) is 1.00. The first-order valence-electron chi connectivity index (χ1n) is 4.15. The van der Waals surface area contributed by atoms with E-state index in [1.807, 2.05) is 7.11 Å². The molecule has 2 aliphatic rings. The van der Waals surface area contributed by atoms with Gasteiger partial charge in [-0.3, -0.25) is 0 Å². The normalized spacial score (nSPS) is 41.7. The van der Waals surface area contributed by atoms with Gasteiger partial charge in [0.2, 0.25) is 0 Å². The zero-order chi connectivity index (χ0) is 6.97. The molecular formula is C8H16ClNO. The van der Waals surface area contributed by atoms with Crippen molar-refractivity contribution in [3.63, 3.8) is 0 Å². The summed E-state index contributed by atoms with van der Waals surface area (Å²) in [6.07, 6.45) is 3.31. The lowest BCUT2D eigenvalue weighted by Crippen LogP contribution is -2.42. The van der Waals surface area contributed by atoms with Gasteiger partial charge in [0.15, 0.2) is 0 Å². The van der Waals surface area contributed by atoms with Gasteiger partial charge in [0.05, 0.1) is 6.10 Å². The second-order valence-electron chi connectivity index (χ2n) is 3.46. The van der Waals surface area contributed by atoms with Gasteiger partial charge in [-0.25, -0.2) is 0 Å². The monoisotopic (exact) mass is 177 g/mol. The van der Waals surface area contributed by atoms with E-state index in [9.17, 15) is 0 Å². The van der Waals surface area contributed by atoms with Crippen LogP contribution >= 0.6 is 12.4 Å². The van der Waals surface area contributed by atoms with Crippen LogP contribution in [0.3, 0.4) is 0 Å². The molecule has 2 rings (SSSR count). The van der Waals surface area contributed by atoms with Gasteiger partial charge in [-0.05, 0) is 24.7 Å². The lowest BCUT2D eigenvalue weighted by molar-refractivity contribution is 0.0227. The van der Waals surface area contributed by atoms with E-state index in [-0.39, 0.29) is 12.4 Å². The van der Waals surface area contributed by atoms with E-state index in [4.69, 9.17) is 4.74 Å². The molecule has 2 nitrogen and oxygen atoms in total. The molecule has 11 heavy (non-hydrogen) atoms. The van der Waals surface area contributed by atoms with Gasteiger partial charge in [-0.2, -0.15) is 0 Å². The average molecular weight is 178 g/mol. The molecule has 0 unspecified atom stereocenters. The maximum atomic E-state index is 5.44. The van der Waals surface area contributed by atoms with Crippen molar-refractivity contribution in [2.75, 3.05) is 20.2 Å². The Morgan fingerprint density at radius 3 is 2.09 bits per heavy atom. The van der Waals surface area contributed by atoms with Gasteiger partial charge in [-0.1, -0.05) is 0 Å². The molecule has 0 aromatic carbocycles. The topological polar surface area (TPSA) is 21.3 Å². The molecule has 0 aromatic rings. The van der Waals surface area contributed by atoms with Crippen molar-refractivity contribution in [1.29, 1.82) is 0 Å². The number of nitrogens with one attached hydrogen (secondary N) is 1. The first-order chi connectivity index (χ1) is 4.92. The van der Waals surface area contributed by atoms with Gasteiger partial charge < -0.3 is 10.1 Å². The minimum absolute atomic E-state index is 0. The van der Waals surface area contributed by atoms with Crippen molar-refractivity contribution >= 4 is 12.4 Å². The molecule has 1 aliphatic heterocycles. The number of ether oxygens (including phenoxy) is 1. The van der Waals surface area contributed by atoms with Crippen LogP contribution in [0.15, 0.2) is 0 Å². The summed E-state index contributed by atoms with van der Waals surface area (Å²) in [5.74, 6) is 1.62. The average Bonchev–Trinajstić information content (AvgIpc) is 2.19. The number of halogens is 1. The Balaban J connectivity index is 0.000000605. The molecule has 1 saturated carbocycles. The first-order valence-corrected chi connectivity index (χ1v) is 4.15. The fourth-order valence-corrected chi connectivity index (χ4v) is 2.42. The first kappa shape index (κ1) is 9.30. The predicted molar refractivity (Wildman–Crippen MR) is 47.1 cm³/mol. The summed E-state index contributed by atoms with van der Waals surface area (Å²) >= 11 is 0. The Morgan fingerprint density at radius 1 is 1.18 bits per heavy atom. The van der Waals surface area contributed by atoms with Crippen LogP contribution in [0.2, 0.25) is 0 Å². The number of methoxy groups -OCH3 is 1. The Hall–Kier alpha value is 0.210. The predicted octanol–water partition coefficient (Wildman–Crippen LogP) is 1.05. The standard InChI is InChI=1S/C8H15NO.ClH/c1-10-8-6-2-3-7(8)5-9-4-6;/h6-9H,2-5H2,1H3;1H/t6-,7+,8-;. The summed E-state index contributed by atoms with van der Waals surface area (Å²) in [6, 6.07) is 0. The molecule has 1 saturated heterocycles. The van der Waals surface area contributed by atoms with Gasteiger partial charge >= 0.3 is 0 Å². The molecule has 66 valence electrons. The summed E-state index contributed by atoms with van der Waals surface area (Å²) in [5, 5.41) is 3.43. The molecule has 0 radical (unpaired) electrons. The van der Waals surface area contributed by atoms with E-state index >= 15 is 0 Å². The highest BCUT2D eigenvalue weighted by atomic mass is 35.5. The van der Waals surface area contributed by atoms with E-state index in [2.05, 4.69) is 5.32 Å². The number of piperidine rings is 1. The maximum Gasteiger partial charge on any atom is 0.0651 e. The van der Waals surface area contributed by atoms with Gasteiger partial charge in [0, 0.05) is 20.2 Å². The third kappa shape index (κ3) is 1.53. The van der Waals surface area contributed by atoms with E-state index in [0.29, 0.717) is 6.10 Å². The molecule has 1 heterocycles. The van der Waals surface area contributed by atoms with Crippen LogP contribution in [0.5, 0.6) is 0 Å².